The van der Waals surface area contributed by atoms with Crippen molar-refractivity contribution in [2.45, 2.75) is 24.8 Å². The lowest BCUT2D eigenvalue weighted by Crippen LogP contribution is -2.43. The molecule has 0 saturated heterocycles. The number of amides is 2. The zero-order chi connectivity index (χ0) is 25.4. The third-order valence-corrected chi connectivity index (χ3v) is 5.32. The third kappa shape index (κ3) is 4.45. The SMILES string of the molecule is COc1ccc(Cl)cc1[C@]1(F)C(=O)N(COC(=O)N[C@@H](C)C(=O)O)c2cc(C(F)(F)F)ccc21. The Morgan fingerprint density at radius 2 is 1.88 bits per heavy atom. The number of alkyl halides is 4. The van der Waals surface area contributed by atoms with Crippen LogP contribution < -0.4 is 15.0 Å². The minimum absolute atomic E-state index is 0.0332. The zero-order valence-corrected chi connectivity index (χ0v) is 18.3. The number of alkyl carbamates (subject to hydrolysis) is 1. The molecule has 0 unspecified atom stereocenters. The van der Waals surface area contributed by atoms with Crippen molar-refractivity contribution >= 4 is 35.3 Å². The molecular weight excluding hydrogens is 488 g/mol. The Labute approximate surface area is 195 Å². The minimum atomic E-state index is -4.81. The Kier molecular flexibility index (Phi) is 6.65. The van der Waals surface area contributed by atoms with Gasteiger partial charge in [0.05, 0.1) is 18.4 Å². The van der Waals surface area contributed by atoms with Gasteiger partial charge >= 0.3 is 18.2 Å². The number of hydrogen-bond acceptors (Lipinski definition) is 5. The first-order valence-corrected chi connectivity index (χ1v) is 9.91. The number of nitrogens with one attached hydrogen (secondary N) is 1. The predicted molar refractivity (Wildman–Crippen MR) is 110 cm³/mol. The van der Waals surface area contributed by atoms with Crippen LogP contribution in [0.4, 0.5) is 28.0 Å². The van der Waals surface area contributed by atoms with Crippen LogP contribution in [0.15, 0.2) is 36.4 Å². The summed E-state index contributed by atoms with van der Waals surface area (Å²) in [6.45, 7) is 0.132. The van der Waals surface area contributed by atoms with Gasteiger partial charge in [-0.1, -0.05) is 17.7 Å². The molecule has 2 aromatic rings. The van der Waals surface area contributed by atoms with E-state index in [0.29, 0.717) is 17.0 Å². The second-order valence-corrected chi connectivity index (χ2v) is 7.67. The van der Waals surface area contributed by atoms with Gasteiger partial charge in [-0.3, -0.25) is 14.5 Å². The van der Waals surface area contributed by atoms with Crippen LogP contribution in [0.2, 0.25) is 5.02 Å². The van der Waals surface area contributed by atoms with Crippen LogP contribution in [0.25, 0.3) is 0 Å². The largest absolute Gasteiger partial charge is 0.496 e. The number of halogens is 5. The number of hydrogen-bond donors (Lipinski definition) is 2. The van der Waals surface area contributed by atoms with E-state index in [1.807, 2.05) is 5.32 Å². The number of benzene rings is 2. The number of aliphatic carboxylic acids is 1. The summed E-state index contributed by atoms with van der Waals surface area (Å²) in [5, 5.41) is 10.8. The van der Waals surface area contributed by atoms with Gasteiger partial charge in [0.25, 0.3) is 5.91 Å². The molecule has 1 aliphatic heterocycles. The second kappa shape index (κ2) is 9.01. The number of rotatable bonds is 6. The summed E-state index contributed by atoms with van der Waals surface area (Å²) in [6, 6.07) is 4.37. The fraction of sp³-hybridized carbons (Fsp3) is 0.286. The van der Waals surface area contributed by atoms with Crippen molar-refractivity contribution in [1.29, 1.82) is 0 Å². The Morgan fingerprint density at radius 1 is 1.21 bits per heavy atom. The number of nitrogens with zero attached hydrogens (tertiary/aromatic N) is 1. The first-order valence-electron chi connectivity index (χ1n) is 9.53. The van der Waals surface area contributed by atoms with E-state index in [-0.39, 0.29) is 16.3 Å². The van der Waals surface area contributed by atoms with E-state index in [1.54, 1.807) is 0 Å². The summed E-state index contributed by atoms with van der Waals surface area (Å²) in [5.74, 6) is -2.84. The molecule has 0 saturated carbocycles. The number of methoxy groups -OCH3 is 1. The molecule has 182 valence electrons. The van der Waals surface area contributed by atoms with Crippen LogP contribution >= 0.6 is 11.6 Å². The van der Waals surface area contributed by atoms with E-state index in [1.165, 1.54) is 19.2 Å². The lowest BCUT2D eigenvalue weighted by atomic mass is 9.88. The average molecular weight is 505 g/mol. The molecule has 0 bridgehead atoms. The van der Waals surface area contributed by atoms with Gasteiger partial charge in [0.2, 0.25) is 5.67 Å². The topological polar surface area (TPSA) is 105 Å². The van der Waals surface area contributed by atoms with Crippen LogP contribution in [0, 0.1) is 0 Å². The summed E-state index contributed by atoms with van der Waals surface area (Å²) in [7, 11) is 1.21. The number of ether oxygens (including phenoxy) is 2. The molecule has 0 fully saturated rings. The monoisotopic (exact) mass is 504 g/mol. The molecule has 0 aromatic heterocycles. The molecule has 13 heteroatoms. The maximum Gasteiger partial charge on any atom is 0.416 e. The molecule has 8 nitrogen and oxygen atoms in total. The third-order valence-electron chi connectivity index (χ3n) is 5.09. The van der Waals surface area contributed by atoms with Gasteiger partial charge in [-0.25, -0.2) is 9.18 Å². The molecule has 0 spiro atoms. The number of carboxylic acid groups (broad SMARTS) is 1. The van der Waals surface area contributed by atoms with Crippen LogP contribution in [0.5, 0.6) is 5.75 Å². The zero-order valence-electron chi connectivity index (χ0n) is 17.6. The van der Waals surface area contributed by atoms with E-state index in [0.717, 1.165) is 19.1 Å². The molecule has 2 amide bonds. The summed E-state index contributed by atoms with van der Waals surface area (Å²) in [4.78, 5) is 36.5. The number of fused-ring (bicyclic) bond motifs is 1. The van der Waals surface area contributed by atoms with Crippen molar-refractivity contribution in [2.24, 2.45) is 0 Å². The predicted octanol–water partition coefficient (Wildman–Crippen LogP) is 4.08. The molecule has 3 rings (SSSR count). The number of carbonyl (C=O) groups excluding carboxylic acids is 2. The van der Waals surface area contributed by atoms with Crippen molar-refractivity contribution in [3.63, 3.8) is 0 Å². The number of carboxylic acids is 1. The van der Waals surface area contributed by atoms with Gasteiger partial charge < -0.3 is 19.9 Å². The highest BCUT2D eigenvalue weighted by molar-refractivity contribution is 6.30. The van der Waals surface area contributed by atoms with Crippen LogP contribution in [0.1, 0.15) is 23.6 Å². The van der Waals surface area contributed by atoms with E-state index in [4.69, 9.17) is 26.2 Å². The molecule has 34 heavy (non-hydrogen) atoms. The smallest absolute Gasteiger partial charge is 0.416 e. The Hall–Kier alpha value is -3.54. The molecule has 1 aliphatic rings. The van der Waals surface area contributed by atoms with Crippen molar-refractivity contribution in [3.05, 3.63) is 58.1 Å². The van der Waals surface area contributed by atoms with Crippen molar-refractivity contribution < 1.29 is 46.5 Å². The molecule has 0 aliphatic carbocycles. The quantitative estimate of drug-likeness (QED) is 0.574. The second-order valence-electron chi connectivity index (χ2n) is 7.23. The molecule has 1 heterocycles. The average Bonchev–Trinajstić information content (AvgIpc) is 2.98. The summed E-state index contributed by atoms with van der Waals surface area (Å²) >= 11 is 5.97. The van der Waals surface area contributed by atoms with Crippen molar-refractivity contribution in [1.82, 2.24) is 5.32 Å². The Bertz CT molecular complexity index is 1160. The van der Waals surface area contributed by atoms with Gasteiger partial charge in [-0.2, -0.15) is 13.2 Å². The summed E-state index contributed by atoms with van der Waals surface area (Å²) < 4.78 is 66.4. The van der Waals surface area contributed by atoms with Gasteiger partial charge in [0.15, 0.2) is 6.73 Å². The molecule has 2 atom stereocenters. The Balaban J connectivity index is 2.07. The van der Waals surface area contributed by atoms with E-state index in [9.17, 15) is 27.6 Å². The lowest BCUT2D eigenvalue weighted by molar-refractivity contribution is -0.139. The molecule has 2 N–H and O–H groups in total. The molecule has 2 aromatic carbocycles. The number of carbonyl (C=O) groups is 3. The summed E-state index contributed by atoms with van der Waals surface area (Å²) in [6.07, 6.45) is -6.10. The Morgan fingerprint density at radius 3 is 2.47 bits per heavy atom. The standard InChI is InChI=1S/C21H17ClF4N2O6/c1-10(17(29)30)27-19(32)34-9-28-15-7-11(21(24,25)26)3-5-13(15)20(23,18(28)31)14-8-12(22)4-6-16(14)33-2/h3-8,10H,9H2,1-2H3,(H,27,32)(H,29,30)/t10-,20-/m0/s1. The van der Waals surface area contributed by atoms with Crippen LogP contribution in [-0.2, 0) is 26.2 Å². The maximum atomic E-state index is 16.5. The minimum Gasteiger partial charge on any atom is -0.496 e. The first-order chi connectivity index (χ1) is 15.8. The van der Waals surface area contributed by atoms with Gasteiger partial charge in [-0.15, -0.1) is 0 Å². The van der Waals surface area contributed by atoms with Gasteiger partial charge in [-0.05, 0) is 37.3 Å². The van der Waals surface area contributed by atoms with Crippen molar-refractivity contribution in [2.75, 3.05) is 18.7 Å². The van der Waals surface area contributed by atoms with E-state index >= 15 is 4.39 Å². The highest BCUT2D eigenvalue weighted by Crippen LogP contribution is 2.51. The molecular formula is C21H17ClF4N2O6. The van der Waals surface area contributed by atoms with Crippen LogP contribution in [0.3, 0.4) is 0 Å². The highest BCUT2D eigenvalue weighted by atomic mass is 35.5. The fourth-order valence-electron chi connectivity index (χ4n) is 3.37. The number of anilines is 1. The van der Waals surface area contributed by atoms with Gasteiger partial charge in [0, 0.05) is 16.1 Å². The van der Waals surface area contributed by atoms with Gasteiger partial charge in [0.1, 0.15) is 11.8 Å². The highest BCUT2D eigenvalue weighted by Gasteiger charge is 2.55. The van der Waals surface area contributed by atoms with E-state index in [2.05, 4.69) is 0 Å². The molecule has 0 radical (unpaired) electrons. The first kappa shape index (κ1) is 25.1. The fourth-order valence-corrected chi connectivity index (χ4v) is 3.55. The normalized spacial score (nSPS) is 18.3. The lowest BCUT2D eigenvalue weighted by Gasteiger charge is -2.23. The van der Waals surface area contributed by atoms with Crippen LogP contribution in [-0.4, -0.2) is 43.0 Å². The summed E-state index contributed by atoms with van der Waals surface area (Å²) in [5.41, 5.74) is -5.50. The van der Waals surface area contributed by atoms with E-state index < -0.39 is 59.4 Å². The maximum absolute atomic E-state index is 16.5. The van der Waals surface area contributed by atoms with Crippen molar-refractivity contribution in [3.8, 4) is 5.75 Å².